The van der Waals surface area contributed by atoms with Gasteiger partial charge in [-0.25, -0.2) is 4.99 Å². The van der Waals surface area contributed by atoms with Crippen LogP contribution in [-0.4, -0.2) is 43.2 Å². The summed E-state index contributed by atoms with van der Waals surface area (Å²) < 4.78 is 40.6. The molecule has 1 fully saturated rings. The molecule has 3 rings (SSSR count). The summed E-state index contributed by atoms with van der Waals surface area (Å²) in [5.74, 6) is 1.34. The highest BCUT2D eigenvalue weighted by molar-refractivity contribution is 5.79. The summed E-state index contributed by atoms with van der Waals surface area (Å²) in [6.07, 6.45) is 3.54. The van der Waals surface area contributed by atoms with E-state index in [2.05, 4.69) is 20.4 Å². The number of rotatable bonds is 7. The molecular formula is C18H25F2N3O4. The van der Waals surface area contributed by atoms with Gasteiger partial charge >= 0.3 is 6.61 Å². The number of ether oxygens (including phenoxy) is 3. The minimum absolute atomic E-state index is 0.00303. The molecule has 1 saturated carbocycles. The van der Waals surface area contributed by atoms with Crippen molar-refractivity contribution in [3.63, 3.8) is 0 Å². The fourth-order valence-corrected chi connectivity index (χ4v) is 3.26. The molecule has 0 radical (unpaired) electrons. The molecule has 0 atom stereocenters. The van der Waals surface area contributed by atoms with E-state index in [1.807, 2.05) is 6.92 Å². The minimum Gasteiger partial charge on any atom is -0.454 e. The van der Waals surface area contributed by atoms with Gasteiger partial charge in [-0.1, -0.05) is 12.8 Å². The van der Waals surface area contributed by atoms with Gasteiger partial charge in [0.25, 0.3) is 0 Å². The monoisotopic (exact) mass is 385 g/mol. The van der Waals surface area contributed by atoms with E-state index >= 15 is 0 Å². The van der Waals surface area contributed by atoms with Crippen molar-refractivity contribution in [2.75, 3.05) is 19.9 Å². The topological polar surface area (TPSA) is 84.3 Å². The molecule has 0 amide bonds. The van der Waals surface area contributed by atoms with Crippen LogP contribution >= 0.6 is 0 Å². The van der Waals surface area contributed by atoms with Crippen LogP contribution in [0.1, 0.15) is 38.2 Å². The highest BCUT2D eigenvalue weighted by Gasteiger charge is 2.31. The predicted molar refractivity (Wildman–Crippen MR) is 95.4 cm³/mol. The molecule has 27 heavy (non-hydrogen) atoms. The minimum atomic E-state index is -2.95. The van der Waals surface area contributed by atoms with Crippen LogP contribution in [0.3, 0.4) is 0 Å². The highest BCUT2D eigenvalue weighted by Crippen LogP contribution is 2.39. The number of nitrogens with one attached hydrogen (secondary N) is 2. The first kappa shape index (κ1) is 19.5. The molecule has 1 aromatic carbocycles. The zero-order valence-electron chi connectivity index (χ0n) is 15.3. The Labute approximate surface area is 156 Å². The summed E-state index contributed by atoms with van der Waals surface area (Å²) in [5.41, 5.74) is -0.268. The zero-order valence-corrected chi connectivity index (χ0v) is 15.3. The van der Waals surface area contributed by atoms with Crippen molar-refractivity contribution in [2.24, 2.45) is 4.99 Å². The molecule has 3 N–H and O–H groups in total. The zero-order chi connectivity index (χ0) is 19.3. The summed E-state index contributed by atoms with van der Waals surface area (Å²) in [6.45, 7) is 0.140. The Hall–Kier alpha value is -2.29. The van der Waals surface area contributed by atoms with Gasteiger partial charge in [0.2, 0.25) is 6.79 Å². The van der Waals surface area contributed by atoms with E-state index in [1.165, 1.54) is 6.07 Å². The fourth-order valence-electron chi connectivity index (χ4n) is 3.26. The summed E-state index contributed by atoms with van der Waals surface area (Å²) in [4.78, 5) is 4.43. The molecule has 0 spiro atoms. The maximum atomic E-state index is 12.7. The Morgan fingerprint density at radius 3 is 2.63 bits per heavy atom. The first-order chi connectivity index (χ1) is 13.0. The van der Waals surface area contributed by atoms with Gasteiger partial charge in [-0.3, -0.25) is 0 Å². The number of fused-ring (bicyclic) bond motifs is 1. The van der Waals surface area contributed by atoms with Crippen molar-refractivity contribution < 1.29 is 28.1 Å². The number of hydrogen-bond donors (Lipinski definition) is 3. The third-order valence-electron chi connectivity index (χ3n) is 4.64. The third-order valence-corrected chi connectivity index (χ3v) is 4.64. The van der Waals surface area contributed by atoms with Crippen molar-refractivity contribution in [3.8, 4) is 17.2 Å². The fraction of sp³-hybridized carbons (Fsp3) is 0.611. The Bertz CT molecular complexity index is 679. The molecule has 1 aliphatic heterocycles. The van der Waals surface area contributed by atoms with Crippen molar-refractivity contribution in [1.29, 1.82) is 0 Å². The van der Waals surface area contributed by atoms with Crippen LogP contribution in [0, 0.1) is 0 Å². The Morgan fingerprint density at radius 2 is 1.96 bits per heavy atom. The van der Waals surface area contributed by atoms with E-state index in [4.69, 9.17) is 9.47 Å². The van der Waals surface area contributed by atoms with Crippen LogP contribution in [0.25, 0.3) is 0 Å². The summed E-state index contributed by atoms with van der Waals surface area (Å²) in [7, 11) is 0. The number of guanidine groups is 1. The number of aliphatic imine (C=N–C) groups is 1. The SMILES string of the molecule is CCNC(=NCc1cc2c(cc1OC(F)F)OCO2)NCC1(O)CCCC1. The first-order valence-electron chi connectivity index (χ1n) is 9.11. The average molecular weight is 385 g/mol. The lowest BCUT2D eigenvalue weighted by Crippen LogP contribution is -2.46. The number of alkyl halides is 2. The average Bonchev–Trinajstić information content (AvgIpc) is 3.25. The van der Waals surface area contributed by atoms with Crippen molar-refractivity contribution in [3.05, 3.63) is 17.7 Å². The second-order valence-electron chi connectivity index (χ2n) is 6.67. The van der Waals surface area contributed by atoms with Gasteiger partial charge in [0, 0.05) is 24.7 Å². The van der Waals surface area contributed by atoms with Gasteiger partial charge in [-0.15, -0.1) is 0 Å². The Kier molecular flexibility index (Phi) is 6.20. The first-order valence-corrected chi connectivity index (χ1v) is 9.11. The largest absolute Gasteiger partial charge is 0.454 e. The molecule has 0 unspecified atom stereocenters. The quantitative estimate of drug-likeness (QED) is 0.494. The van der Waals surface area contributed by atoms with Crippen LogP contribution in [0.15, 0.2) is 17.1 Å². The second-order valence-corrected chi connectivity index (χ2v) is 6.67. The molecule has 1 aliphatic carbocycles. The number of aliphatic hydroxyl groups is 1. The third kappa shape index (κ3) is 5.12. The van der Waals surface area contributed by atoms with E-state index in [0.29, 0.717) is 36.1 Å². The molecule has 2 aliphatic rings. The van der Waals surface area contributed by atoms with Gasteiger partial charge in [0.05, 0.1) is 12.1 Å². The molecule has 1 aromatic rings. The molecule has 0 saturated heterocycles. The van der Waals surface area contributed by atoms with E-state index in [9.17, 15) is 13.9 Å². The Morgan fingerprint density at radius 1 is 1.26 bits per heavy atom. The molecule has 0 bridgehead atoms. The van der Waals surface area contributed by atoms with Gasteiger partial charge < -0.3 is 30.0 Å². The molecular weight excluding hydrogens is 360 g/mol. The number of nitrogens with zero attached hydrogens (tertiary/aromatic N) is 1. The molecule has 0 aromatic heterocycles. The lowest BCUT2D eigenvalue weighted by molar-refractivity contribution is -0.0505. The lowest BCUT2D eigenvalue weighted by Gasteiger charge is -2.23. The maximum Gasteiger partial charge on any atom is 0.387 e. The summed E-state index contributed by atoms with van der Waals surface area (Å²) >= 11 is 0. The van der Waals surface area contributed by atoms with Crippen LogP contribution in [0.2, 0.25) is 0 Å². The normalized spacial score (nSPS) is 18.0. The van der Waals surface area contributed by atoms with Gasteiger partial charge in [-0.2, -0.15) is 8.78 Å². The maximum absolute atomic E-state index is 12.7. The highest BCUT2D eigenvalue weighted by atomic mass is 19.3. The van der Waals surface area contributed by atoms with Gasteiger partial charge in [0.15, 0.2) is 17.5 Å². The van der Waals surface area contributed by atoms with Gasteiger partial charge in [-0.05, 0) is 25.8 Å². The molecule has 9 heteroatoms. The van der Waals surface area contributed by atoms with Crippen LogP contribution in [0.4, 0.5) is 8.78 Å². The predicted octanol–water partition coefficient (Wildman–Crippen LogP) is 2.38. The lowest BCUT2D eigenvalue weighted by atomic mass is 10.0. The van der Waals surface area contributed by atoms with Gasteiger partial charge in [0.1, 0.15) is 5.75 Å². The van der Waals surface area contributed by atoms with Crippen LogP contribution < -0.4 is 24.8 Å². The van der Waals surface area contributed by atoms with E-state index in [0.717, 1.165) is 25.7 Å². The number of hydrogen-bond acceptors (Lipinski definition) is 5. The number of benzene rings is 1. The van der Waals surface area contributed by atoms with Crippen LogP contribution in [0.5, 0.6) is 17.2 Å². The van der Waals surface area contributed by atoms with E-state index in [1.54, 1.807) is 6.07 Å². The molecule has 150 valence electrons. The Balaban J connectivity index is 1.72. The van der Waals surface area contributed by atoms with E-state index < -0.39 is 12.2 Å². The summed E-state index contributed by atoms with van der Waals surface area (Å²) in [6, 6.07) is 2.98. The summed E-state index contributed by atoms with van der Waals surface area (Å²) in [5, 5.41) is 16.7. The van der Waals surface area contributed by atoms with Crippen molar-refractivity contribution in [1.82, 2.24) is 10.6 Å². The van der Waals surface area contributed by atoms with Crippen molar-refractivity contribution >= 4 is 5.96 Å². The molecule has 7 nitrogen and oxygen atoms in total. The van der Waals surface area contributed by atoms with E-state index in [-0.39, 0.29) is 19.1 Å². The molecule has 1 heterocycles. The van der Waals surface area contributed by atoms with Crippen LogP contribution in [-0.2, 0) is 6.54 Å². The smallest absolute Gasteiger partial charge is 0.387 e. The standard InChI is InChI=1S/C18H25F2N3O4/c1-2-21-17(23-10-18(24)5-3-4-6-18)22-9-12-7-14-15(26-11-25-14)8-13(12)27-16(19)20/h7-8,16,24H,2-6,9-11H2,1H3,(H2,21,22,23). The number of halogens is 2. The second kappa shape index (κ2) is 8.60. The van der Waals surface area contributed by atoms with Crippen molar-refractivity contribution in [2.45, 2.75) is 51.4 Å².